The first-order valence-electron chi connectivity index (χ1n) is 9.72. The van der Waals surface area contributed by atoms with Crippen molar-refractivity contribution in [2.45, 2.75) is 11.8 Å². The molecule has 0 saturated heterocycles. The molecule has 0 spiro atoms. The molecule has 1 unspecified atom stereocenters. The third-order valence-corrected chi connectivity index (χ3v) is 7.19. The van der Waals surface area contributed by atoms with Crippen LogP contribution in [0.2, 0.25) is 0 Å². The predicted octanol–water partition coefficient (Wildman–Crippen LogP) is 6.00. The van der Waals surface area contributed by atoms with Gasteiger partial charge in [-0.05, 0) is 82.3 Å². The van der Waals surface area contributed by atoms with Crippen molar-refractivity contribution in [1.29, 1.82) is 5.26 Å². The molecule has 2 aromatic carbocycles. The summed E-state index contributed by atoms with van der Waals surface area (Å²) in [7, 11) is 1.21. The van der Waals surface area contributed by atoms with Gasteiger partial charge in [-0.3, -0.25) is 0 Å². The first-order chi connectivity index (χ1) is 15.5. The van der Waals surface area contributed by atoms with Crippen LogP contribution in [0, 0.1) is 11.3 Å². The van der Waals surface area contributed by atoms with Gasteiger partial charge in [0.15, 0.2) is 0 Å². The lowest BCUT2D eigenvalue weighted by atomic mass is 10.0. The monoisotopic (exact) mass is 505 g/mol. The zero-order valence-electron chi connectivity index (χ0n) is 17.5. The maximum Gasteiger partial charge on any atom is 0.237 e. The molecule has 0 aliphatic carbocycles. The third-order valence-electron chi connectivity index (χ3n) is 4.87. The molecule has 2 heterocycles. The van der Waals surface area contributed by atoms with E-state index >= 15 is 0 Å². The fourth-order valence-corrected chi connectivity index (χ4v) is 4.90. The second kappa shape index (κ2) is 9.39. The zero-order valence-corrected chi connectivity index (χ0v) is 19.9. The van der Waals surface area contributed by atoms with E-state index in [0.717, 1.165) is 37.1 Å². The molecule has 0 aliphatic rings. The Bertz CT molecular complexity index is 1380. The molecule has 1 atom stereocenters. The molecule has 0 aliphatic heterocycles. The fourth-order valence-electron chi connectivity index (χ4n) is 3.24. The number of nitrogens with zero attached hydrogens (tertiary/aromatic N) is 3. The van der Waals surface area contributed by atoms with Crippen LogP contribution in [-0.4, -0.2) is 22.4 Å². The van der Waals surface area contributed by atoms with Gasteiger partial charge in [0.25, 0.3) is 0 Å². The third kappa shape index (κ3) is 4.44. The lowest BCUT2D eigenvalue weighted by molar-refractivity contribution is 0.400. The van der Waals surface area contributed by atoms with Gasteiger partial charge >= 0.3 is 0 Å². The number of halogens is 1. The maximum atomic E-state index is 9.05. The first kappa shape index (κ1) is 21.8. The van der Waals surface area contributed by atoms with Gasteiger partial charge in [-0.2, -0.15) is 5.26 Å². The van der Waals surface area contributed by atoms with E-state index in [2.05, 4.69) is 48.1 Å². The molecule has 3 N–H and O–H groups in total. The number of nitrogen functional groups attached to an aromatic ring is 1. The van der Waals surface area contributed by atoms with Crippen LogP contribution in [-0.2, 0) is 0 Å². The van der Waals surface area contributed by atoms with Gasteiger partial charge in [-0.25, -0.2) is 9.97 Å². The number of fused-ring (bicyclic) bond motifs is 1. The van der Waals surface area contributed by atoms with Crippen LogP contribution in [0.4, 0.5) is 11.5 Å². The van der Waals surface area contributed by atoms with Crippen molar-refractivity contribution in [2.75, 3.05) is 17.6 Å². The van der Waals surface area contributed by atoms with Crippen LogP contribution in [0.3, 0.4) is 0 Å². The number of rotatable bonds is 5. The van der Waals surface area contributed by atoms with Crippen LogP contribution in [0.15, 0.2) is 70.2 Å². The molecule has 2 aromatic heterocycles. The van der Waals surface area contributed by atoms with Crippen molar-refractivity contribution in [3.8, 4) is 23.1 Å². The van der Waals surface area contributed by atoms with Crippen molar-refractivity contribution in [3.63, 3.8) is 0 Å². The number of hydrogen-bond donors (Lipinski definition) is 2. The van der Waals surface area contributed by atoms with Crippen molar-refractivity contribution in [2.24, 2.45) is 0 Å². The Morgan fingerprint density at radius 3 is 2.59 bits per heavy atom. The second-order valence-corrected chi connectivity index (χ2v) is 9.53. The quantitative estimate of drug-likeness (QED) is 0.323. The largest absolute Gasteiger partial charge is 0.480 e. The van der Waals surface area contributed by atoms with Gasteiger partial charge in [0.1, 0.15) is 11.5 Å². The summed E-state index contributed by atoms with van der Waals surface area (Å²) in [4.78, 5) is 9.99. The Balaban J connectivity index is 1.71. The topological polar surface area (TPSA) is 96.8 Å². The summed E-state index contributed by atoms with van der Waals surface area (Å²) in [5, 5.41) is 12.1. The van der Waals surface area contributed by atoms with E-state index in [1.807, 2.05) is 55.5 Å². The minimum absolute atomic E-state index is 0.395. The minimum Gasteiger partial charge on any atom is -0.480 e. The van der Waals surface area contributed by atoms with E-state index in [-0.39, 0.29) is 0 Å². The van der Waals surface area contributed by atoms with Gasteiger partial charge in [0.05, 0.1) is 28.7 Å². The Hall–Kier alpha value is -3.41. The Labute approximate surface area is 197 Å². The summed E-state index contributed by atoms with van der Waals surface area (Å²) >= 11 is 3.45. The standard InChI is InChI=1S/C24H20BrN5OS/c1-3-32(19-7-4-15(13-26)5-8-19)30-22-12-18(14-28-24(22)31-2)16-6-9-21-17(10-16)11-20(25)23(27)29-21/h3-12,14,30H,1-2H3,(H2,27,29). The molecule has 8 heteroatoms. The molecule has 32 heavy (non-hydrogen) atoms. The Morgan fingerprint density at radius 2 is 1.91 bits per heavy atom. The highest BCUT2D eigenvalue weighted by Crippen LogP contribution is 2.35. The SMILES string of the molecule is C/C=S(/Nc1cc(-c2ccc3nc(N)c(Br)cc3c2)cnc1OC)c1ccc(C#N)cc1. The van der Waals surface area contributed by atoms with Crippen LogP contribution in [0.25, 0.3) is 22.0 Å². The summed E-state index contributed by atoms with van der Waals surface area (Å²) in [6, 6.07) is 19.7. The zero-order chi connectivity index (χ0) is 22.7. The highest BCUT2D eigenvalue weighted by atomic mass is 79.9. The maximum absolute atomic E-state index is 9.05. The minimum atomic E-state index is -0.395. The summed E-state index contributed by atoms with van der Waals surface area (Å²) in [5.74, 6) is 0.980. The van der Waals surface area contributed by atoms with E-state index in [0.29, 0.717) is 17.3 Å². The lowest BCUT2D eigenvalue weighted by Gasteiger charge is -2.16. The van der Waals surface area contributed by atoms with Gasteiger partial charge in [-0.15, -0.1) is 0 Å². The number of hydrogen-bond acceptors (Lipinski definition) is 6. The summed E-state index contributed by atoms with van der Waals surface area (Å²) in [6.07, 6.45) is 1.79. The Morgan fingerprint density at radius 1 is 1.12 bits per heavy atom. The molecule has 4 rings (SSSR count). The number of nitrogens with two attached hydrogens (primary N) is 1. The molecular formula is C24H20BrN5OS. The number of ether oxygens (including phenoxy) is 1. The summed E-state index contributed by atoms with van der Waals surface area (Å²) < 4.78 is 9.79. The lowest BCUT2D eigenvalue weighted by Crippen LogP contribution is -1.99. The van der Waals surface area contributed by atoms with Crippen LogP contribution in [0.5, 0.6) is 5.88 Å². The normalized spacial score (nSPS) is 11.8. The number of benzene rings is 2. The Kier molecular flexibility index (Phi) is 6.40. The first-order valence-corrected chi connectivity index (χ1v) is 11.8. The van der Waals surface area contributed by atoms with Gasteiger partial charge in [-0.1, -0.05) is 16.7 Å². The molecule has 0 saturated carbocycles. The molecule has 160 valence electrons. The summed E-state index contributed by atoms with van der Waals surface area (Å²) in [6.45, 7) is 2.00. The van der Waals surface area contributed by atoms with Gasteiger partial charge < -0.3 is 15.2 Å². The van der Waals surface area contributed by atoms with Crippen LogP contribution >= 0.6 is 26.6 Å². The smallest absolute Gasteiger partial charge is 0.237 e. The highest BCUT2D eigenvalue weighted by Gasteiger charge is 2.11. The van der Waals surface area contributed by atoms with Gasteiger partial charge in [0.2, 0.25) is 5.88 Å². The molecule has 6 nitrogen and oxygen atoms in total. The molecule has 0 bridgehead atoms. The molecule has 0 amide bonds. The van der Waals surface area contributed by atoms with Crippen LogP contribution in [0.1, 0.15) is 12.5 Å². The number of aromatic nitrogens is 2. The second-order valence-electron chi connectivity index (χ2n) is 6.86. The van der Waals surface area contributed by atoms with Crippen molar-refractivity contribution in [1.82, 2.24) is 9.97 Å². The molecule has 0 radical (unpaired) electrons. The van der Waals surface area contributed by atoms with E-state index < -0.39 is 10.7 Å². The number of nitriles is 1. The number of pyridine rings is 2. The summed E-state index contributed by atoms with van der Waals surface area (Å²) in [5.41, 5.74) is 10.1. The van der Waals surface area contributed by atoms with Crippen molar-refractivity contribution < 1.29 is 4.74 Å². The van der Waals surface area contributed by atoms with Crippen LogP contribution < -0.4 is 15.2 Å². The highest BCUT2D eigenvalue weighted by molar-refractivity contribution is 9.10. The van der Waals surface area contributed by atoms with E-state index in [4.69, 9.17) is 15.7 Å². The van der Waals surface area contributed by atoms with Crippen molar-refractivity contribution >= 4 is 54.4 Å². The average Bonchev–Trinajstić information content (AvgIpc) is 2.83. The molecule has 4 aromatic rings. The number of anilines is 2. The fraction of sp³-hybridized carbons (Fsp3) is 0.0833. The number of methoxy groups -OCH3 is 1. The van der Waals surface area contributed by atoms with E-state index in [9.17, 15) is 0 Å². The molecule has 0 fully saturated rings. The van der Waals surface area contributed by atoms with E-state index in [1.54, 1.807) is 13.3 Å². The van der Waals surface area contributed by atoms with Crippen molar-refractivity contribution in [3.05, 3.63) is 70.8 Å². The average molecular weight is 506 g/mol. The molecular weight excluding hydrogens is 486 g/mol. The number of nitrogens with one attached hydrogen (secondary N) is 1. The van der Waals surface area contributed by atoms with E-state index in [1.165, 1.54) is 0 Å². The van der Waals surface area contributed by atoms with Gasteiger partial charge in [0, 0.05) is 22.0 Å². The predicted molar refractivity (Wildman–Crippen MR) is 136 cm³/mol.